The van der Waals surface area contributed by atoms with Crippen LogP contribution in [0.4, 0.5) is 0 Å². The Kier molecular flexibility index (Phi) is 4.74. The van der Waals surface area contributed by atoms with E-state index in [-0.39, 0.29) is 11.7 Å². The van der Waals surface area contributed by atoms with Crippen molar-refractivity contribution in [3.63, 3.8) is 0 Å². The summed E-state index contributed by atoms with van der Waals surface area (Å²) in [5, 5.41) is 10.5. The average Bonchev–Trinajstić information content (AvgIpc) is 2.91. The molecule has 1 fully saturated rings. The molecule has 3 heterocycles. The second kappa shape index (κ2) is 7.19. The van der Waals surface area contributed by atoms with Gasteiger partial charge >= 0.3 is 0 Å². The number of pyridine rings is 1. The fraction of sp³-hybridized carbons (Fsp3) is 0.429. The summed E-state index contributed by atoms with van der Waals surface area (Å²) in [5.41, 5.74) is 1.77. The number of nitrogens with zero attached hydrogens (tertiary/aromatic N) is 2. The van der Waals surface area contributed by atoms with Crippen molar-refractivity contribution in [1.29, 1.82) is 0 Å². The van der Waals surface area contributed by atoms with Gasteiger partial charge in [-0.05, 0) is 49.9 Å². The minimum atomic E-state index is -0.772. The van der Waals surface area contributed by atoms with Crippen molar-refractivity contribution >= 4 is 5.91 Å². The Morgan fingerprint density at radius 2 is 2.15 bits per heavy atom. The number of hydrogen-bond donors (Lipinski definition) is 1. The molecular formula is C21H24N2O4. The van der Waals surface area contributed by atoms with Crippen LogP contribution >= 0.6 is 0 Å². The zero-order chi connectivity index (χ0) is 18.9. The standard InChI is InChI=1S/C21H24N2O4/c1-21(6-2-3-9-27-21)20(25)23-8-10-26-19-17(14-23)11-16(12-18(19)24)15-5-4-7-22-13-15/h4-5,7,11-13,24H,2-3,6,8-10,14H2,1H3/t21-/m0/s1. The molecule has 6 nitrogen and oxygen atoms in total. The van der Waals surface area contributed by atoms with Crippen LogP contribution in [-0.4, -0.2) is 46.3 Å². The highest BCUT2D eigenvalue weighted by molar-refractivity contribution is 5.85. The number of rotatable bonds is 2. The van der Waals surface area contributed by atoms with E-state index in [9.17, 15) is 9.90 Å². The minimum Gasteiger partial charge on any atom is -0.504 e. The fourth-order valence-corrected chi connectivity index (χ4v) is 3.81. The van der Waals surface area contributed by atoms with Crippen molar-refractivity contribution in [2.24, 2.45) is 0 Å². The number of phenolic OH excluding ortho intramolecular Hbond substituents is 1. The maximum Gasteiger partial charge on any atom is 0.254 e. The summed E-state index contributed by atoms with van der Waals surface area (Å²) in [6.45, 7) is 3.69. The fourth-order valence-electron chi connectivity index (χ4n) is 3.81. The Labute approximate surface area is 158 Å². The van der Waals surface area contributed by atoms with Gasteiger partial charge < -0.3 is 19.5 Å². The van der Waals surface area contributed by atoms with Gasteiger partial charge in [-0.1, -0.05) is 6.07 Å². The van der Waals surface area contributed by atoms with Crippen LogP contribution in [-0.2, 0) is 16.1 Å². The first-order chi connectivity index (χ1) is 13.1. The number of aromatic nitrogens is 1. The maximum atomic E-state index is 13.2. The molecule has 1 atom stereocenters. The Morgan fingerprint density at radius 1 is 1.26 bits per heavy atom. The molecule has 1 saturated heterocycles. The first-order valence-corrected chi connectivity index (χ1v) is 9.39. The van der Waals surface area contributed by atoms with Gasteiger partial charge in [0.15, 0.2) is 11.5 Å². The highest BCUT2D eigenvalue weighted by Gasteiger charge is 2.40. The number of carbonyl (C=O) groups excluding carboxylic acids is 1. The van der Waals surface area contributed by atoms with Gasteiger partial charge in [0, 0.05) is 36.7 Å². The zero-order valence-corrected chi connectivity index (χ0v) is 15.5. The summed E-state index contributed by atoms with van der Waals surface area (Å²) < 4.78 is 11.6. The third-order valence-electron chi connectivity index (χ3n) is 5.32. The third-order valence-corrected chi connectivity index (χ3v) is 5.32. The first kappa shape index (κ1) is 17.8. The van der Waals surface area contributed by atoms with Gasteiger partial charge in [0.25, 0.3) is 5.91 Å². The SMILES string of the molecule is C[C@@]1(C(=O)N2CCOc3c(O)cc(-c4cccnc4)cc3C2)CCCCO1. The van der Waals surface area contributed by atoms with E-state index >= 15 is 0 Å². The number of amides is 1. The summed E-state index contributed by atoms with van der Waals surface area (Å²) in [4.78, 5) is 19.1. The lowest BCUT2D eigenvalue weighted by molar-refractivity contribution is -0.162. The lowest BCUT2D eigenvalue weighted by Crippen LogP contribution is -2.50. The van der Waals surface area contributed by atoms with Crippen LogP contribution < -0.4 is 4.74 Å². The second-order valence-electron chi connectivity index (χ2n) is 7.34. The monoisotopic (exact) mass is 368 g/mol. The van der Waals surface area contributed by atoms with Crippen molar-refractivity contribution in [3.8, 4) is 22.6 Å². The number of aromatic hydroxyl groups is 1. The van der Waals surface area contributed by atoms with E-state index in [0.717, 1.165) is 36.0 Å². The predicted molar refractivity (Wildman–Crippen MR) is 100 cm³/mol. The van der Waals surface area contributed by atoms with Crippen LogP contribution in [0.15, 0.2) is 36.7 Å². The molecule has 0 unspecified atom stereocenters. The topological polar surface area (TPSA) is 71.9 Å². The zero-order valence-electron chi connectivity index (χ0n) is 15.5. The average molecular weight is 368 g/mol. The van der Waals surface area contributed by atoms with Crippen molar-refractivity contribution in [2.75, 3.05) is 19.8 Å². The third kappa shape index (κ3) is 3.49. The van der Waals surface area contributed by atoms with E-state index in [2.05, 4.69) is 4.98 Å². The Bertz CT molecular complexity index is 832. The molecule has 2 aromatic rings. The van der Waals surface area contributed by atoms with Crippen molar-refractivity contribution in [2.45, 2.75) is 38.3 Å². The molecule has 2 aliphatic heterocycles. The first-order valence-electron chi connectivity index (χ1n) is 9.39. The highest BCUT2D eigenvalue weighted by Crippen LogP contribution is 2.38. The maximum absolute atomic E-state index is 13.2. The highest BCUT2D eigenvalue weighted by atomic mass is 16.5. The van der Waals surface area contributed by atoms with Crippen molar-refractivity contribution in [1.82, 2.24) is 9.88 Å². The Hall–Kier alpha value is -2.60. The summed E-state index contributed by atoms with van der Waals surface area (Å²) in [6.07, 6.45) is 6.18. The number of fused-ring (bicyclic) bond motifs is 1. The van der Waals surface area contributed by atoms with Gasteiger partial charge in [-0.2, -0.15) is 0 Å². The number of carbonyl (C=O) groups is 1. The number of hydrogen-bond acceptors (Lipinski definition) is 5. The molecule has 0 saturated carbocycles. The minimum absolute atomic E-state index is 0.00933. The summed E-state index contributed by atoms with van der Waals surface area (Å²) in [6, 6.07) is 7.43. The van der Waals surface area contributed by atoms with Gasteiger partial charge in [0.05, 0.1) is 6.54 Å². The van der Waals surface area contributed by atoms with Crippen molar-refractivity contribution < 1.29 is 19.4 Å². The van der Waals surface area contributed by atoms with Gasteiger partial charge in [0.2, 0.25) is 0 Å². The smallest absolute Gasteiger partial charge is 0.254 e. The molecule has 27 heavy (non-hydrogen) atoms. The lowest BCUT2D eigenvalue weighted by Gasteiger charge is -2.36. The predicted octanol–water partition coefficient (Wildman–Crippen LogP) is 3.13. The van der Waals surface area contributed by atoms with Crippen LogP contribution in [0.3, 0.4) is 0 Å². The largest absolute Gasteiger partial charge is 0.504 e. The molecule has 142 valence electrons. The van der Waals surface area contributed by atoms with Crippen LogP contribution in [0, 0.1) is 0 Å². The van der Waals surface area contributed by atoms with Crippen molar-refractivity contribution in [3.05, 3.63) is 42.2 Å². The molecule has 4 rings (SSSR count). The van der Waals surface area contributed by atoms with E-state index in [1.54, 1.807) is 23.4 Å². The van der Waals surface area contributed by atoms with E-state index in [0.29, 0.717) is 32.1 Å². The quantitative estimate of drug-likeness (QED) is 0.882. The molecule has 0 aliphatic carbocycles. The van der Waals surface area contributed by atoms with E-state index in [1.165, 1.54) is 0 Å². The molecule has 0 radical (unpaired) electrons. The summed E-state index contributed by atoms with van der Waals surface area (Å²) in [7, 11) is 0. The number of ether oxygens (including phenoxy) is 2. The molecule has 6 heteroatoms. The van der Waals surface area contributed by atoms with Crippen LogP contribution in [0.2, 0.25) is 0 Å². The van der Waals surface area contributed by atoms with E-state index < -0.39 is 5.60 Å². The lowest BCUT2D eigenvalue weighted by atomic mass is 9.94. The normalized spacial score (nSPS) is 22.5. The molecule has 1 N–H and O–H groups in total. The van der Waals surface area contributed by atoms with Gasteiger partial charge in [-0.25, -0.2) is 0 Å². The summed E-state index contributed by atoms with van der Waals surface area (Å²) >= 11 is 0. The molecule has 1 aromatic heterocycles. The van der Waals surface area contributed by atoms with E-state index in [4.69, 9.17) is 9.47 Å². The van der Waals surface area contributed by atoms with Gasteiger partial charge in [-0.3, -0.25) is 9.78 Å². The van der Waals surface area contributed by atoms with Crippen LogP contribution in [0.1, 0.15) is 31.7 Å². The Morgan fingerprint density at radius 3 is 2.89 bits per heavy atom. The molecule has 0 bridgehead atoms. The molecule has 1 amide bonds. The van der Waals surface area contributed by atoms with Crippen LogP contribution in [0.25, 0.3) is 11.1 Å². The van der Waals surface area contributed by atoms with Crippen LogP contribution in [0.5, 0.6) is 11.5 Å². The van der Waals surface area contributed by atoms with E-state index in [1.807, 2.05) is 25.1 Å². The number of phenols is 1. The molecule has 1 aromatic carbocycles. The second-order valence-corrected chi connectivity index (χ2v) is 7.34. The number of benzene rings is 1. The van der Waals surface area contributed by atoms with Gasteiger partial charge in [0.1, 0.15) is 12.2 Å². The molecule has 0 spiro atoms. The van der Waals surface area contributed by atoms with Gasteiger partial charge in [-0.15, -0.1) is 0 Å². The molecule has 2 aliphatic rings. The Balaban J connectivity index is 1.65. The molecular weight excluding hydrogens is 344 g/mol. The summed E-state index contributed by atoms with van der Waals surface area (Å²) in [5.74, 6) is 0.526.